The number of hydrogen-bond donors (Lipinski definition) is 1. The Morgan fingerprint density at radius 3 is 2.26 bits per heavy atom. The molecular weight excluding hydrogens is 267 g/mol. The van der Waals surface area contributed by atoms with E-state index in [0.717, 1.165) is 13.2 Å². The molecule has 0 saturated heterocycles. The predicted molar refractivity (Wildman–Crippen MR) is 75.2 cm³/mol. The Hall–Kier alpha value is -1.13. The summed E-state index contributed by atoms with van der Waals surface area (Å²) in [6.07, 6.45) is 1.37. The molecule has 0 aliphatic heterocycles. The van der Waals surface area contributed by atoms with Gasteiger partial charge in [-0.1, -0.05) is 24.3 Å². The van der Waals surface area contributed by atoms with Crippen molar-refractivity contribution in [2.75, 3.05) is 19.8 Å². The van der Waals surface area contributed by atoms with E-state index in [4.69, 9.17) is 14.2 Å². The van der Waals surface area contributed by atoms with Crippen LogP contribution in [0.5, 0.6) is 5.75 Å². The molecule has 108 valence electrons. The molecule has 0 spiro atoms. The van der Waals surface area contributed by atoms with E-state index < -0.39 is 7.82 Å². The van der Waals surface area contributed by atoms with Gasteiger partial charge in [0.25, 0.3) is 0 Å². The molecule has 0 amide bonds. The molecule has 1 unspecified atom stereocenters. The van der Waals surface area contributed by atoms with Gasteiger partial charge >= 0.3 is 7.82 Å². The number of phosphoric acid groups is 1. The van der Waals surface area contributed by atoms with Gasteiger partial charge in [-0.15, -0.1) is 6.58 Å². The maximum Gasteiger partial charge on any atom is 0.527 e. The predicted octanol–water partition coefficient (Wildman–Crippen LogP) is 3.41. The normalized spacial score (nSPS) is 12.8. The Kier molecular flexibility index (Phi) is 10.1. The van der Waals surface area contributed by atoms with Crippen LogP contribution < -0.4 is 4.52 Å². The fraction of sp³-hybridized carbons (Fsp3) is 0.385. The second-order valence-electron chi connectivity index (χ2n) is 3.24. The molecule has 1 atom stereocenters. The van der Waals surface area contributed by atoms with Gasteiger partial charge in [-0.2, -0.15) is 0 Å². The van der Waals surface area contributed by atoms with Crippen LogP contribution in [-0.4, -0.2) is 24.7 Å². The summed E-state index contributed by atoms with van der Waals surface area (Å²) in [7, 11) is -4.00. The maximum atomic E-state index is 11.2. The fourth-order valence-electron chi connectivity index (χ4n) is 0.992. The van der Waals surface area contributed by atoms with E-state index >= 15 is 0 Å². The lowest BCUT2D eigenvalue weighted by molar-refractivity contribution is 0.162. The van der Waals surface area contributed by atoms with Crippen LogP contribution in [-0.2, 0) is 13.8 Å². The Morgan fingerprint density at radius 1 is 1.26 bits per heavy atom. The van der Waals surface area contributed by atoms with Crippen LogP contribution in [0.15, 0.2) is 43.0 Å². The first kappa shape index (κ1) is 17.9. The molecule has 0 radical (unpaired) electrons. The topological polar surface area (TPSA) is 65.0 Å². The number of hydrogen-bond acceptors (Lipinski definition) is 4. The van der Waals surface area contributed by atoms with Crippen molar-refractivity contribution >= 4 is 7.82 Å². The first-order valence-corrected chi connectivity index (χ1v) is 7.45. The van der Waals surface area contributed by atoms with Crippen molar-refractivity contribution in [2.24, 2.45) is 0 Å². The van der Waals surface area contributed by atoms with Crippen LogP contribution in [0.1, 0.15) is 13.8 Å². The quantitative estimate of drug-likeness (QED) is 0.615. The van der Waals surface area contributed by atoms with Crippen molar-refractivity contribution in [3.8, 4) is 5.75 Å². The Morgan fingerprint density at radius 2 is 1.84 bits per heavy atom. The number of benzene rings is 1. The second kappa shape index (κ2) is 10.8. The van der Waals surface area contributed by atoms with E-state index in [1.165, 1.54) is 6.08 Å². The van der Waals surface area contributed by atoms with Gasteiger partial charge in [-0.05, 0) is 26.0 Å². The van der Waals surface area contributed by atoms with E-state index in [1.54, 1.807) is 30.3 Å². The van der Waals surface area contributed by atoms with E-state index in [2.05, 4.69) is 11.1 Å². The highest BCUT2D eigenvalue weighted by atomic mass is 31.2. The zero-order chi connectivity index (χ0) is 14.6. The molecule has 0 aliphatic rings. The van der Waals surface area contributed by atoms with Gasteiger partial charge in [0.1, 0.15) is 5.75 Å². The monoisotopic (exact) mass is 288 g/mol. The summed E-state index contributed by atoms with van der Waals surface area (Å²) in [5, 5.41) is 0. The summed E-state index contributed by atoms with van der Waals surface area (Å²) in [5.74, 6) is 0.294. The minimum absolute atomic E-state index is 0.0272. The molecule has 1 aromatic carbocycles. The van der Waals surface area contributed by atoms with Crippen LogP contribution in [0.4, 0.5) is 0 Å². The summed E-state index contributed by atoms with van der Waals surface area (Å²) in [5.41, 5.74) is 0. The molecule has 19 heavy (non-hydrogen) atoms. The van der Waals surface area contributed by atoms with Crippen molar-refractivity contribution in [3.63, 3.8) is 0 Å². The number of para-hydroxylation sites is 1. The highest BCUT2D eigenvalue weighted by Crippen LogP contribution is 2.43. The SMILES string of the molecule is C=CCOP(=O)(O)Oc1ccccc1.CCOCC. The first-order valence-electron chi connectivity index (χ1n) is 5.96. The largest absolute Gasteiger partial charge is 0.527 e. The van der Waals surface area contributed by atoms with Gasteiger partial charge < -0.3 is 9.26 Å². The summed E-state index contributed by atoms with van der Waals surface area (Å²) in [6.45, 7) is 9.00. The van der Waals surface area contributed by atoms with Crippen LogP contribution in [0.25, 0.3) is 0 Å². The number of ether oxygens (including phenoxy) is 1. The summed E-state index contributed by atoms with van der Waals surface area (Å²) in [6, 6.07) is 8.31. The highest BCUT2D eigenvalue weighted by Gasteiger charge is 2.21. The van der Waals surface area contributed by atoms with E-state index in [1.807, 2.05) is 13.8 Å². The van der Waals surface area contributed by atoms with Crippen LogP contribution >= 0.6 is 7.82 Å². The van der Waals surface area contributed by atoms with Crippen molar-refractivity contribution in [1.29, 1.82) is 0 Å². The van der Waals surface area contributed by atoms with Gasteiger partial charge in [-0.25, -0.2) is 4.57 Å². The van der Waals surface area contributed by atoms with Crippen molar-refractivity contribution in [2.45, 2.75) is 13.8 Å². The van der Waals surface area contributed by atoms with Crippen LogP contribution in [0.2, 0.25) is 0 Å². The van der Waals surface area contributed by atoms with Crippen molar-refractivity contribution in [1.82, 2.24) is 0 Å². The van der Waals surface area contributed by atoms with Gasteiger partial charge in [-0.3, -0.25) is 9.42 Å². The Bertz CT molecular complexity index is 378. The molecule has 0 heterocycles. The highest BCUT2D eigenvalue weighted by molar-refractivity contribution is 7.47. The molecule has 0 saturated carbocycles. The minimum Gasteiger partial charge on any atom is -0.404 e. The summed E-state index contributed by atoms with van der Waals surface area (Å²) >= 11 is 0. The zero-order valence-electron chi connectivity index (χ0n) is 11.3. The summed E-state index contributed by atoms with van der Waals surface area (Å²) < 4.78 is 25.3. The van der Waals surface area contributed by atoms with Gasteiger partial charge in [0.05, 0.1) is 6.61 Å². The van der Waals surface area contributed by atoms with E-state index in [-0.39, 0.29) is 6.61 Å². The standard InChI is InChI=1S/C9H11O4P.C4H10O/c1-2-8-12-14(10,11)13-9-6-4-3-5-7-9;1-3-5-4-2/h2-7H,1,8H2,(H,10,11);3-4H2,1-2H3. The molecule has 1 N–H and O–H groups in total. The number of phosphoric ester groups is 1. The number of rotatable bonds is 7. The third-order valence-corrected chi connectivity index (χ3v) is 2.64. The molecule has 6 heteroatoms. The smallest absolute Gasteiger partial charge is 0.404 e. The van der Waals surface area contributed by atoms with Crippen molar-refractivity contribution < 1.29 is 23.2 Å². The summed E-state index contributed by atoms with van der Waals surface area (Å²) in [4.78, 5) is 9.16. The van der Waals surface area contributed by atoms with Crippen LogP contribution in [0, 0.1) is 0 Å². The molecular formula is C13H21O5P. The lowest BCUT2D eigenvalue weighted by atomic mass is 10.3. The first-order chi connectivity index (χ1) is 9.05. The second-order valence-corrected chi connectivity index (χ2v) is 4.62. The molecule has 5 nitrogen and oxygen atoms in total. The lowest BCUT2D eigenvalue weighted by Crippen LogP contribution is -1.96. The third-order valence-electron chi connectivity index (χ3n) is 1.73. The molecule has 1 rings (SSSR count). The average Bonchev–Trinajstić information content (AvgIpc) is 2.39. The Balaban J connectivity index is 0.000000555. The molecule has 0 aromatic heterocycles. The molecule has 1 aromatic rings. The minimum atomic E-state index is -4.00. The van der Waals surface area contributed by atoms with E-state index in [0.29, 0.717) is 5.75 Å². The molecule has 0 aliphatic carbocycles. The van der Waals surface area contributed by atoms with Gasteiger partial charge in [0, 0.05) is 13.2 Å². The van der Waals surface area contributed by atoms with Gasteiger partial charge in [0.15, 0.2) is 0 Å². The van der Waals surface area contributed by atoms with Crippen molar-refractivity contribution in [3.05, 3.63) is 43.0 Å². The average molecular weight is 288 g/mol. The molecule has 0 bridgehead atoms. The van der Waals surface area contributed by atoms with E-state index in [9.17, 15) is 4.57 Å². The van der Waals surface area contributed by atoms with Gasteiger partial charge in [0.2, 0.25) is 0 Å². The van der Waals surface area contributed by atoms with Crippen LogP contribution in [0.3, 0.4) is 0 Å². The lowest BCUT2D eigenvalue weighted by Gasteiger charge is -2.11. The zero-order valence-corrected chi connectivity index (χ0v) is 12.2. The third kappa shape index (κ3) is 10.5. The fourth-order valence-corrected chi connectivity index (χ4v) is 1.73. The molecule has 0 fully saturated rings. The maximum absolute atomic E-state index is 11.2. The Labute approximate surface area is 114 Å².